The third-order valence-corrected chi connectivity index (χ3v) is 18.5. The number of rotatable bonds is 15. The molecule has 15 nitrogen and oxygen atoms in total. The van der Waals surface area contributed by atoms with Gasteiger partial charge in [0.05, 0.1) is 40.3 Å². The molecule has 0 bridgehead atoms. The molecular formula is C41H50N6O9S4. The molecule has 0 aliphatic carbocycles. The molecule has 19 heteroatoms. The van der Waals surface area contributed by atoms with Gasteiger partial charge < -0.3 is 30.2 Å². The summed E-state index contributed by atoms with van der Waals surface area (Å²) in [5, 5.41) is 3.50. The molecule has 4 N–H and O–H groups in total. The van der Waals surface area contributed by atoms with Crippen LogP contribution in [0.25, 0.3) is 11.6 Å². The Bertz CT molecular complexity index is 2580. The number of fused-ring (bicyclic) bond motifs is 2. The maximum Gasteiger partial charge on any atom is 0.409 e. The van der Waals surface area contributed by atoms with E-state index in [1.165, 1.54) is 25.0 Å². The van der Waals surface area contributed by atoms with Gasteiger partial charge in [-0.25, -0.2) is 21.6 Å². The molecule has 0 radical (unpaired) electrons. The molecule has 4 aromatic rings. The molecule has 4 atom stereocenters. The first-order chi connectivity index (χ1) is 28.5. The number of aromatic nitrogens is 1. The number of aromatic amines is 1. The quantitative estimate of drug-likeness (QED) is 0.107. The number of sulfone groups is 1. The first kappa shape index (κ1) is 44.9. The first-order valence-corrected chi connectivity index (χ1v) is 24.6. The van der Waals surface area contributed by atoms with E-state index in [2.05, 4.69) is 39.1 Å². The molecule has 2 unspecified atom stereocenters. The van der Waals surface area contributed by atoms with Gasteiger partial charge in [-0.2, -0.15) is 4.72 Å². The van der Waals surface area contributed by atoms with E-state index in [4.69, 9.17) is 4.74 Å². The third-order valence-electron chi connectivity index (χ3n) is 11.0. The Morgan fingerprint density at radius 1 is 1.07 bits per heavy atom. The van der Waals surface area contributed by atoms with Crippen molar-refractivity contribution in [2.45, 2.75) is 77.9 Å². The van der Waals surface area contributed by atoms with Gasteiger partial charge in [-0.1, -0.05) is 38.1 Å². The summed E-state index contributed by atoms with van der Waals surface area (Å²) in [4.78, 5) is 46.6. The van der Waals surface area contributed by atoms with Crippen molar-refractivity contribution in [3.05, 3.63) is 93.8 Å². The van der Waals surface area contributed by atoms with Crippen LogP contribution < -0.4 is 15.4 Å². The highest BCUT2D eigenvalue weighted by atomic mass is 32.3. The van der Waals surface area contributed by atoms with Crippen molar-refractivity contribution in [2.24, 2.45) is 0 Å². The fraction of sp³-hybridized carbons (Fsp3) is 0.390. The number of ether oxygens (including phenoxy) is 1. The summed E-state index contributed by atoms with van der Waals surface area (Å²) >= 11 is 0.570. The number of nitrogens with one attached hydrogen (secondary N) is 4. The van der Waals surface area contributed by atoms with E-state index in [0.29, 0.717) is 63.1 Å². The number of hydrogen-bond acceptors (Lipinski definition) is 11. The van der Waals surface area contributed by atoms with Gasteiger partial charge in [0, 0.05) is 52.7 Å². The average Bonchev–Trinajstić information content (AvgIpc) is 3.91. The van der Waals surface area contributed by atoms with Crippen LogP contribution in [0.3, 0.4) is 0 Å². The zero-order valence-corrected chi connectivity index (χ0v) is 37.7. The second-order valence-corrected chi connectivity index (χ2v) is 21.6. The predicted octanol–water partition coefficient (Wildman–Crippen LogP) is 5.74. The normalized spacial score (nSPS) is 18.7. The summed E-state index contributed by atoms with van der Waals surface area (Å²) in [6.45, 7) is 14.0. The minimum absolute atomic E-state index is 0.0351. The van der Waals surface area contributed by atoms with Crippen molar-refractivity contribution in [3.8, 4) is 0 Å². The number of carbonyl (C=O) groups is 3. The van der Waals surface area contributed by atoms with Gasteiger partial charge in [0.15, 0.2) is 9.84 Å². The van der Waals surface area contributed by atoms with E-state index in [9.17, 15) is 35.4 Å². The number of carbonyl (C=O) groups excluding carboxylic acids is 3. The lowest BCUT2D eigenvalue weighted by molar-refractivity contribution is -0.110. The van der Waals surface area contributed by atoms with E-state index >= 15 is 0 Å². The van der Waals surface area contributed by atoms with Gasteiger partial charge in [0.25, 0.3) is 21.8 Å². The minimum Gasteiger partial charge on any atom is -0.453 e. The maximum atomic E-state index is 14.4. The highest BCUT2D eigenvalue weighted by Crippen LogP contribution is 2.46. The van der Waals surface area contributed by atoms with Gasteiger partial charge in [-0.3, -0.25) is 13.8 Å². The highest BCUT2D eigenvalue weighted by molar-refractivity contribution is 7.96. The highest BCUT2D eigenvalue weighted by Gasteiger charge is 2.43. The van der Waals surface area contributed by atoms with E-state index in [1.54, 1.807) is 75.4 Å². The van der Waals surface area contributed by atoms with Gasteiger partial charge >= 0.3 is 6.09 Å². The lowest BCUT2D eigenvalue weighted by atomic mass is 10.0. The second-order valence-electron chi connectivity index (χ2n) is 14.5. The van der Waals surface area contributed by atoms with Crippen molar-refractivity contribution >= 4 is 77.2 Å². The summed E-state index contributed by atoms with van der Waals surface area (Å²) in [5.41, 5.74) is 3.79. The number of H-pyrrole nitrogens is 1. The molecule has 322 valence electrons. The standard InChI is InChI=1S/C41H50N6O9S4/c1-8-46(9-2)19-18-42-38(49)36-25(5)33(43-26(36)6)22-30-29-21-27(16-17-32(29)44-37(30)48)39(58(51)28-14-12-11-13-15-28)45-60(54,55)35-23-31-34(47(10-3)41(50)56-7)20-24(4)59(52,53)40(31)57-35/h11-17,21-24,34,39,43,45H,8-10,18-20H2,1-7H3,(H,42,49)(H,44,48)/b30-22-/t24-,34-,39?,58?/m0/s1. The molecule has 4 heterocycles. The molecular weight excluding hydrogens is 849 g/mol. The number of benzene rings is 2. The molecule has 2 aromatic carbocycles. The molecule has 6 rings (SSSR count). The summed E-state index contributed by atoms with van der Waals surface area (Å²) in [7, 11) is -9.38. The summed E-state index contributed by atoms with van der Waals surface area (Å²) < 4.78 is 77.4. The number of thiophene rings is 1. The van der Waals surface area contributed by atoms with Crippen molar-refractivity contribution < 1.29 is 40.2 Å². The third kappa shape index (κ3) is 8.73. The van der Waals surface area contributed by atoms with Crippen LogP contribution in [0.2, 0.25) is 0 Å². The Hall–Kier alpha value is -4.66. The van der Waals surface area contributed by atoms with Crippen molar-refractivity contribution in [1.82, 2.24) is 24.8 Å². The van der Waals surface area contributed by atoms with Crippen LogP contribution in [0.1, 0.15) is 89.5 Å². The molecule has 2 aliphatic rings. The average molecular weight is 899 g/mol. The number of sulfonamides is 1. The number of hydrogen-bond donors (Lipinski definition) is 4. The fourth-order valence-corrected chi connectivity index (χ4v) is 14.5. The summed E-state index contributed by atoms with van der Waals surface area (Å²) in [6, 6.07) is 13.5. The van der Waals surface area contributed by atoms with E-state index in [0.717, 1.165) is 13.1 Å². The van der Waals surface area contributed by atoms with Crippen LogP contribution >= 0.6 is 11.3 Å². The van der Waals surface area contributed by atoms with Gasteiger partial charge in [0.1, 0.15) is 13.8 Å². The van der Waals surface area contributed by atoms with Crippen LogP contribution in [0, 0.1) is 13.8 Å². The second kappa shape index (κ2) is 18.1. The van der Waals surface area contributed by atoms with Crippen LogP contribution in [-0.4, -0.2) is 98.8 Å². The Morgan fingerprint density at radius 3 is 2.42 bits per heavy atom. The Morgan fingerprint density at radius 2 is 1.77 bits per heavy atom. The maximum absolute atomic E-state index is 14.4. The lowest BCUT2D eigenvalue weighted by Crippen LogP contribution is -2.40. The first-order valence-electron chi connectivity index (χ1n) is 19.5. The summed E-state index contributed by atoms with van der Waals surface area (Å²) in [5.74, 6) is -0.668. The van der Waals surface area contributed by atoms with E-state index in [-0.39, 0.29) is 44.0 Å². The zero-order chi connectivity index (χ0) is 43.7. The van der Waals surface area contributed by atoms with Crippen LogP contribution in [0.15, 0.2) is 67.9 Å². The van der Waals surface area contributed by atoms with Gasteiger partial charge in [0.2, 0.25) is 0 Å². The van der Waals surface area contributed by atoms with Crippen LogP contribution in [0.4, 0.5) is 10.5 Å². The number of amides is 3. The van der Waals surface area contributed by atoms with Crippen molar-refractivity contribution in [1.29, 1.82) is 0 Å². The fourth-order valence-electron chi connectivity index (χ4n) is 7.59. The molecule has 0 saturated heterocycles. The molecule has 0 spiro atoms. The van der Waals surface area contributed by atoms with Crippen LogP contribution in [0.5, 0.6) is 0 Å². The van der Waals surface area contributed by atoms with Crippen LogP contribution in [-0.2, 0) is 40.2 Å². The lowest BCUT2D eigenvalue weighted by Gasteiger charge is -2.34. The topological polar surface area (TPSA) is 204 Å². The molecule has 0 saturated carbocycles. The van der Waals surface area contributed by atoms with E-state index < -0.39 is 59.3 Å². The SMILES string of the molecule is CCN(CC)CCNC(=O)c1c(C)[nH]c(/C=C2\C(=O)Nc3ccc(C(NS(=O)(=O)c4cc5c(s4)S(=O)(=O)[C@@H](C)C[C@@H]5N(CC)C(=O)OC)S(=O)c4ccccc4)cc32)c1C. The number of aryl methyl sites for hydroxylation is 1. The van der Waals surface area contributed by atoms with E-state index in [1.807, 2.05) is 0 Å². The van der Waals surface area contributed by atoms with Gasteiger partial charge in [-0.15, -0.1) is 11.3 Å². The monoisotopic (exact) mass is 898 g/mol. The zero-order valence-electron chi connectivity index (χ0n) is 34.4. The molecule has 2 aromatic heterocycles. The Labute approximate surface area is 357 Å². The Balaban J connectivity index is 1.38. The number of likely N-dealkylation sites (N-methyl/N-ethyl adjacent to an activating group) is 1. The van der Waals surface area contributed by atoms with Crippen molar-refractivity contribution in [3.63, 3.8) is 0 Å². The smallest absolute Gasteiger partial charge is 0.409 e. The van der Waals surface area contributed by atoms with Gasteiger partial charge in [-0.05, 0) is 94.7 Å². The predicted molar refractivity (Wildman–Crippen MR) is 232 cm³/mol. The largest absolute Gasteiger partial charge is 0.453 e. The van der Waals surface area contributed by atoms with Crippen molar-refractivity contribution in [2.75, 3.05) is 45.2 Å². The molecule has 0 fully saturated rings. The number of methoxy groups -OCH3 is 1. The number of anilines is 1. The molecule has 2 aliphatic heterocycles. The molecule has 60 heavy (non-hydrogen) atoms. The Kier molecular flexibility index (Phi) is 13.6. The minimum atomic E-state index is -4.59. The number of nitrogens with zero attached hydrogens (tertiary/aromatic N) is 2. The molecule has 3 amide bonds. The summed E-state index contributed by atoms with van der Waals surface area (Å²) in [6.07, 6.45) is 0.988.